The second-order valence-corrected chi connectivity index (χ2v) is 2.70. The lowest BCUT2D eigenvalue weighted by atomic mass is 10.4. The van der Waals surface area contributed by atoms with Gasteiger partial charge >= 0.3 is 0 Å². The molecule has 0 aliphatic heterocycles. The summed E-state index contributed by atoms with van der Waals surface area (Å²) < 4.78 is 4.95. The highest BCUT2D eigenvalue weighted by Gasteiger charge is 2.00. The number of carbonyl (C=O) groups excluding carboxylic acids is 2. The summed E-state index contributed by atoms with van der Waals surface area (Å²) in [5, 5.41) is 17.1. The first kappa shape index (κ1) is 15.5. The molecule has 1 amide bonds. The van der Waals surface area contributed by atoms with Gasteiger partial charge in [0.25, 0.3) is 5.91 Å². The molecule has 4 N–H and O–H groups in total. The van der Waals surface area contributed by atoms with Gasteiger partial charge in [0.15, 0.2) is 0 Å². The van der Waals surface area contributed by atoms with Gasteiger partial charge in [-0.1, -0.05) is 0 Å². The van der Waals surface area contributed by atoms with Crippen molar-refractivity contribution in [3.8, 4) is 0 Å². The third-order valence-corrected chi connectivity index (χ3v) is 0.995. The molecule has 0 aromatic rings. The minimum absolute atomic E-state index is 0.00667. The molecule has 0 saturated heterocycles. The van der Waals surface area contributed by atoms with Gasteiger partial charge in [0.1, 0.15) is 0 Å². The van der Waals surface area contributed by atoms with Crippen LogP contribution in [0.15, 0.2) is 0 Å². The Balaban J connectivity index is 0. The first-order valence-electron chi connectivity index (χ1n) is 4.09. The van der Waals surface area contributed by atoms with Crippen molar-refractivity contribution in [3.63, 3.8) is 0 Å². The third kappa shape index (κ3) is 17.2. The number of nitrogens with two attached hydrogens (primary N) is 1. The van der Waals surface area contributed by atoms with E-state index in [-0.39, 0.29) is 19.0 Å². The number of aliphatic hydroxyl groups is 2. The Morgan fingerprint density at radius 1 is 1.57 bits per heavy atom. The van der Waals surface area contributed by atoms with Gasteiger partial charge < -0.3 is 20.7 Å². The van der Waals surface area contributed by atoms with E-state index in [1.807, 2.05) is 0 Å². The summed E-state index contributed by atoms with van der Waals surface area (Å²) in [5.74, 6) is -0.926. The fraction of sp³-hybridized carbons (Fsp3) is 0.750. The number of aldehydes is 1. The molecule has 0 spiro atoms. The van der Waals surface area contributed by atoms with E-state index in [9.17, 15) is 4.79 Å². The summed E-state index contributed by atoms with van der Waals surface area (Å²) in [6.07, 6.45) is -0.557. The Labute approximate surface area is 82.7 Å². The molecule has 0 aliphatic rings. The second kappa shape index (κ2) is 10.1. The summed E-state index contributed by atoms with van der Waals surface area (Å²) in [6, 6.07) is 0. The van der Waals surface area contributed by atoms with Gasteiger partial charge in [0.2, 0.25) is 6.29 Å². The van der Waals surface area contributed by atoms with Crippen LogP contribution in [-0.4, -0.2) is 47.8 Å². The number of ether oxygens (including phenoxy) is 1. The summed E-state index contributed by atoms with van der Waals surface area (Å²) in [6.45, 7) is 3.70. The standard InChI is InChI=1S/C6H14O3.C2H3NO2/c1-5(8)4-9-6(2)3-7;3-2(5)1-4/h5-8H,3-4H2,1-2H3;1H,(H2,3,5). The highest BCUT2D eigenvalue weighted by molar-refractivity contribution is 6.22. The van der Waals surface area contributed by atoms with E-state index in [4.69, 9.17) is 19.7 Å². The maximum Gasteiger partial charge on any atom is 0.281 e. The van der Waals surface area contributed by atoms with Crippen LogP contribution in [0.3, 0.4) is 0 Å². The SMILES string of the molecule is CC(O)COC(C)CO.NC(=O)C=O. The molecule has 14 heavy (non-hydrogen) atoms. The molecule has 0 rings (SSSR count). The maximum atomic E-state index is 9.22. The Morgan fingerprint density at radius 2 is 2.00 bits per heavy atom. The molecule has 0 saturated carbocycles. The van der Waals surface area contributed by atoms with Crippen molar-refractivity contribution in [2.75, 3.05) is 13.2 Å². The number of hydrogen-bond acceptors (Lipinski definition) is 5. The molecule has 0 aromatic carbocycles. The van der Waals surface area contributed by atoms with Crippen molar-refractivity contribution in [1.82, 2.24) is 0 Å². The van der Waals surface area contributed by atoms with E-state index in [2.05, 4.69) is 5.73 Å². The average molecular weight is 207 g/mol. The number of hydrogen-bond donors (Lipinski definition) is 3. The van der Waals surface area contributed by atoms with E-state index >= 15 is 0 Å². The van der Waals surface area contributed by atoms with Crippen LogP contribution in [0.25, 0.3) is 0 Å². The number of carbonyl (C=O) groups is 2. The van der Waals surface area contributed by atoms with E-state index in [0.29, 0.717) is 6.61 Å². The molecule has 0 radical (unpaired) electrons. The predicted octanol–water partition coefficient (Wildman–Crippen LogP) is -1.56. The van der Waals surface area contributed by atoms with Crippen LogP contribution in [0, 0.1) is 0 Å². The molecule has 2 atom stereocenters. The van der Waals surface area contributed by atoms with E-state index in [1.54, 1.807) is 13.8 Å². The highest BCUT2D eigenvalue weighted by Crippen LogP contribution is 1.90. The first-order chi connectivity index (χ1) is 6.43. The van der Waals surface area contributed by atoms with Crippen molar-refractivity contribution >= 4 is 12.2 Å². The largest absolute Gasteiger partial charge is 0.394 e. The zero-order valence-corrected chi connectivity index (χ0v) is 8.34. The van der Waals surface area contributed by atoms with Crippen molar-refractivity contribution in [2.45, 2.75) is 26.1 Å². The average Bonchev–Trinajstić information content (AvgIpc) is 2.14. The van der Waals surface area contributed by atoms with Crippen LogP contribution in [-0.2, 0) is 14.3 Å². The normalized spacial score (nSPS) is 13.4. The Morgan fingerprint density at radius 3 is 2.21 bits per heavy atom. The summed E-state index contributed by atoms with van der Waals surface area (Å²) in [7, 11) is 0. The number of amides is 1. The van der Waals surface area contributed by atoms with Gasteiger partial charge in [-0.25, -0.2) is 0 Å². The van der Waals surface area contributed by atoms with E-state index < -0.39 is 12.0 Å². The van der Waals surface area contributed by atoms with Crippen LogP contribution in [0.2, 0.25) is 0 Å². The van der Waals surface area contributed by atoms with Gasteiger partial charge in [0, 0.05) is 0 Å². The first-order valence-corrected chi connectivity index (χ1v) is 4.09. The van der Waals surface area contributed by atoms with Crippen LogP contribution < -0.4 is 5.73 Å². The number of rotatable bonds is 5. The second-order valence-electron chi connectivity index (χ2n) is 2.70. The molecule has 0 bridgehead atoms. The predicted molar refractivity (Wildman–Crippen MR) is 49.4 cm³/mol. The van der Waals surface area contributed by atoms with E-state index in [0.717, 1.165) is 0 Å². The molecule has 0 aliphatic carbocycles. The summed E-state index contributed by atoms with van der Waals surface area (Å²) in [4.78, 5) is 18.3. The minimum atomic E-state index is -0.926. The maximum absolute atomic E-state index is 9.22. The molecule has 0 heterocycles. The fourth-order valence-corrected chi connectivity index (χ4v) is 0.356. The van der Waals surface area contributed by atoms with Crippen molar-refractivity contribution in [1.29, 1.82) is 0 Å². The monoisotopic (exact) mass is 207 g/mol. The van der Waals surface area contributed by atoms with Crippen LogP contribution in [0.5, 0.6) is 0 Å². The Bertz CT molecular complexity index is 160. The lowest BCUT2D eigenvalue weighted by Crippen LogP contribution is -2.19. The lowest BCUT2D eigenvalue weighted by molar-refractivity contribution is -0.129. The smallest absolute Gasteiger partial charge is 0.281 e. The fourth-order valence-electron chi connectivity index (χ4n) is 0.356. The minimum Gasteiger partial charge on any atom is -0.394 e. The van der Waals surface area contributed by atoms with Crippen LogP contribution in [0.1, 0.15) is 13.8 Å². The van der Waals surface area contributed by atoms with Gasteiger partial charge in [-0.15, -0.1) is 0 Å². The van der Waals surface area contributed by atoms with Gasteiger partial charge in [-0.3, -0.25) is 9.59 Å². The topological polar surface area (TPSA) is 110 Å². The number of aliphatic hydroxyl groups excluding tert-OH is 2. The van der Waals surface area contributed by atoms with Crippen molar-refractivity contribution < 1.29 is 24.5 Å². The number of primary amides is 1. The van der Waals surface area contributed by atoms with Crippen LogP contribution >= 0.6 is 0 Å². The molecule has 6 nitrogen and oxygen atoms in total. The van der Waals surface area contributed by atoms with Crippen molar-refractivity contribution in [2.24, 2.45) is 5.73 Å². The Hall–Kier alpha value is -0.980. The molecule has 0 aromatic heterocycles. The quantitative estimate of drug-likeness (QED) is 0.373. The van der Waals surface area contributed by atoms with Crippen molar-refractivity contribution in [3.05, 3.63) is 0 Å². The molecular weight excluding hydrogens is 190 g/mol. The lowest BCUT2D eigenvalue weighted by Gasteiger charge is -2.10. The van der Waals surface area contributed by atoms with Gasteiger partial charge in [0.05, 0.1) is 25.4 Å². The van der Waals surface area contributed by atoms with E-state index in [1.165, 1.54) is 0 Å². The Kier molecular flexibility index (Phi) is 11.2. The zero-order valence-electron chi connectivity index (χ0n) is 8.34. The zero-order chi connectivity index (χ0) is 11.6. The van der Waals surface area contributed by atoms with Gasteiger partial charge in [-0.2, -0.15) is 0 Å². The van der Waals surface area contributed by atoms with Gasteiger partial charge in [-0.05, 0) is 13.8 Å². The molecule has 84 valence electrons. The molecule has 6 heteroatoms. The molecule has 2 unspecified atom stereocenters. The third-order valence-electron chi connectivity index (χ3n) is 0.995. The highest BCUT2D eigenvalue weighted by atomic mass is 16.5. The summed E-state index contributed by atoms with van der Waals surface area (Å²) >= 11 is 0. The van der Waals surface area contributed by atoms with Crippen LogP contribution in [0.4, 0.5) is 0 Å². The molecule has 0 fully saturated rings. The summed E-state index contributed by atoms with van der Waals surface area (Å²) in [5.41, 5.74) is 4.28. The molecular formula is C8H17NO5.